The number of carbonyl (C=O) groups is 1. The van der Waals surface area contributed by atoms with E-state index < -0.39 is 4.92 Å². The Morgan fingerprint density at radius 1 is 1.23 bits per heavy atom. The first-order chi connectivity index (χ1) is 12.5. The van der Waals surface area contributed by atoms with Crippen LogP contribution in [0.5, 0.6) is 0 Å². The van der Waals surface area contributed by atoms with Crippen LogP contribution in [0.1, 0.15) is 38.5 Å². The third-order valence-corrected chi connectivity index (χ3v) is 7.85. The number of carbonyl (C=O) groups excluding carboxylic acids is 1. The van der Waals surface area contributed by atoms with Gasteiger partial charge in [-0.2, -0.15) is 16.4 Å². The second-order valence-electron chi connectivity index (χ2n) is 8.62. The average molecular weight is 377 g/mol. The summed E-state index contributed by atoms with van der Waals surface area (Å²) in [4.78, 5) is 29.9. The number of nitrogens with zero attached hydrogens (tertiary/aromatic N) is 5. The summed E-state index contributed by atoms with van der Waals surface area (Å²) in [6.45, 7) is 1.70. The van der Waals surface area contributed by atoms with Gasteiger partial charge in [-0.15, -0.1) is 0 Å². The van der Waals surface area contributed by atoms with E-state index >= 15 is 0 Å². The summed E-state index contributed by atoms with van der Waals surface area (Å²) in [5.41, 5.74) is -0.571. The summed E-state index contributed by atoms with van der Waals surface area (Å²) >= 11 is 1.91. The first kappa shape index (κ1) is 16.5. The van der Waals surface area contributed by atoms with E-state index in [1.807, 2.05) is 11.8 Å². The zero-order valence-corrected chi connectivity index (χ0v) is 15.5. The molecule has 1 saturated heterocycles. The van der Waals surface area contributed by atoms with Crippen LogP contribution in [0.4, 0.5) is 5.95 Å². The highest BCUT2D eigenvalue weighted by Crippen LogP contribution is 2.64. The summed E-state index contributed by atoms with van der Waals surface area (Å²) in [6, 6.07) is 0. The summed E-state index contributed by atoms with van der Waals surface area (Å²) in [5.74, 6) is 3.06. The molecule has 2 heterocycles. The van der Waals surface area contributed by atoms with E-state index in [4.69, 9.17) is 0 Å². The molecule has 8 nitrogen and oxygen atoms in total. The molecule has 0 aromatic carbocycles. The molecule has 9 heteroatoms. The van der Waals surface area contributed by atoms with Crippen molar-refractivity contribution in [2.24, 2.45) is 17.3 Å². The van der Waals surface area contributed by atoms with Crippen LogP contribution in [0.2, 0.25) is 0 Å². The lowest BCUT2D eigenvalue weighted by atomic mass is 9.46. The highest BCUT2D eigenvalue weighted by molar-refractivity contribution is 7.99. The van der Waals surface area contributed by atoms with E-state index in [1.165, 1.54) is 12.7 Å². The Bertz CT molecular complexity index is 745. The lowest BCUT2D eigenvalue weighted by Gasteiger charge is -2.60. The standard InChI is InChI=1S/C17H23N5O3S/c23-14(20-1-3-26-4-2-20)16-6-12-5-13(7-16)9-17(8-12,10-16)21-11-18-15(19-21)22(24)25/h11-13H,1-10H2/t12-,13+,16?,17?. The van der Waals surface area contributed by atoms with E-state index in [9.17, 15) is 14.9 Å². The van der Waals surface area contributed by atoms with Crippen LogP contribution in [0.15, 0.2) is 6.33 Å². The molecule has 5 aliphatic rings. The lowest BCUT2D eigenvalue weighted by molar-refractivity contribution is -0.394. The Hall–Kier alpha value is -1.64. The Morgan fingerprint density at radius 2 is 1.92 bits per heavy atom. The molecular weight excluding hydrogens is 354 g/mol. The summed E-state index contributed by atoms with van der Waals surface area (Å²) in [7, 11) is 0. The van der Waals surface area contributed by atoms with Crippen molar-refractivity contribution < 1.29 is 9.72 Å². The van der Waals surface area contributed by atoms with Gasteiger partial charge in [0.1, 0.15) is 0 Å². The van der Waals surface area contributed by atoms with Crippen LogP contribution in [-0.4, -0.2) is 55.1 Å². The predicted molar refractivity (Wildman–Crippen MR) is 95.7 cm³/mol. The summed E-state index contributed by atoms with van der Waals surface area (Å²) in [5, 5.41) is 15.2. The van der Waals surface area contributed by atoms with E-state index in [0.717, 1.165) is 56.7 Å². The molecule has 4 bridgehead atoms. The van der Waals surface area contributed by atoms with Crippen molar-refractivity contribution in [3.8, 4) is 0 Å². The number of thioether (sulfide) groups is 1. The molecule has 5 fully saturated rings. The molecule has 0 N–H and O–H groups in total. The molecule has 1 amide bonds. The number of hydrogen-bond donors (Lipinski definition) is 0. The van der Waals surface area contributed by atoms with Gasteiger partial charge in [-0.25, -0.2) is 0 Å². The van der Waals surface area contributed by atoms with Gasteiger partial charge >= 0.3 is 5.95 Å². The monoisotopic (exact) mass is 377 g/mol. The molecule has 1 aliphatic heterocycles. The lowest BCUT2D eigenvalue weighted by Crippen LogP contribution is -2.62. The predicted octanol–water partition coefficient (Wildman–Crippen LogP) is 2.06. The van der Waals surface area contributed by atoms with Gasteiger partial charge in [0.2, 0.25) is 12.2 Å². The summed E-state index contributed by atoms with van der Waals surface area (Å²) < 4.78 is 1.73. The van der Waals surface area contributed by atoms with Crippen molar-refractivity contribution in [2.75, 3.05) is 24.6 Å². The van der Waals surface area contributed by atoms with Crippen molar-refractivity contribution >= 4 is 23.6 Å². The maximum Gasteiger partial charge on any atom is 0.490 e. The molecule has 4 aliphatic carbocycles. The van der Waals surface area contributed by atoms with Gasteiger partial charge in [-0.3, -0.25) is 4.79 Å². The third kappa shape index (κ3) is 2.39. The van der Waals surface area contributed by atoms with E-state index in [-0.39, 0.29) is 16.9 Å². The molecule has 6 rings (SSSR count). The quantitative estimate of drug-likeness (QED) is 0.591. The Labute approximate surface area is 155 Å². The van der Waals surface area contributed by atoms with Crippen LogP contribution < -0.4 is 0 Å². The molecule has 1 aromatic heterocycles. The Balaban J connectivity index is 1.49. The third-order valence-electron chi connectivity index (χ3n) is 6.91. The zero-order chi connectivity index (χ0) is 17.9. The minimum atomic E-state index is -0.538. The second-order valence-corrected chi connectivity index (χ2v) is 9.84. The van der Waals surface area contributed by atoms with E-state index in [2.05, 4.69) is 15.0 Å². The Morgan fingerprint density at radius 3 is 2.54 bits per heavy atom. The summed E-state index contributed by atoms with van der Waals surface area (Å²) in [6.07, 6.45) is 7.35. The second kappa shape index (κ2) is 5.68. The fourth-order valence-electron chi connectivity index (χ4n) is 6.40. The molecule has 140 valence electrons. The van der Waals surface area contributed by atoms with Gasteiger partial charge in [0, 0.05) is 29.7 Å². The topological polar surface area (TPSA) is 94.2 Å². The van der Waals surface area contributed by atoms with Gasteiger partial charge in [0.15, 0.2) is 0 Å². The molecule has 2 unspecified atom stereocenters. The number of amides is 1. The molecule has 4 atom stereocenters. The first-order valence-electron chi connectivity index (χ1n) is 9.43. The maximum absolute atomic E-state index is 13.5. The first-order valence-corrected chi connectivity index (χ1v) is 10.6. The maximum atomic E-state index is 13.5. The van der Waals surface area contributed by atoms with Gasteiger partial charge in [-0.1, -0.05) is 4.98 Å². The van der Waals surface area contributed by atoms with E-state index in [0.29, 0.717) is 17.7 Å². The van der Waals surface area contributed by atoms with Crippen molar-refractivity contribution in [2.45, 2.75) is 44.1 Å². The fourth-order valence-corrected chi connectivity index (χ4v) is 7.30. The van der Waals surface area contributed by atoms with Crippen molar-refractivity contribution in [3.63, 3.8) is 0 Å². The smallest absolute Gasteiger partial charge is 0.390 e. The molecular formula is C17H23N5O3S. The molecule has 0 radical (unpaired) electrons. The van der Waals surface area contributed by atoms with E-state index in [1.54, 1.807) is 4.68 Å². The molecule has 1 aromatic rings. The van der Waals surface area contributed by atoms with Crippen LogP contribution >= 0.6 is 11.8 Å². The molecule has 0 spiro atoms. The highest BCUT2D eigenvalue weighted by atomic mass is 32.2. The van der Waals surface area contributed by atoms with Gasteiger partial charge in [-0.05, 0) is 55.3 Å². The average Bonchev–Trinajstić information content (AvgIpc) is 3.12. The van der Waals surface area contributed by atoms with Crippen LogP contribution in [-0.2, 0) is 10.3 Å². The van der Waals surface area contributed by atoms with Gasteiger partial charge in [0.05, 0.1) is 11.0 Å². The van der Waals surface area contributed by atoms with Crippen molar-refractivity contribution in [3.05, 3.63) is 16.4 Å². The number of aromatic nitrogens is 3. The SMILES string of the molecule is O=C(N1CCSCC1)C12C[C@H]3C[C@@H](C1)CC(n1cnc([N+](=O)[O-])n1)(C3)C2. The van der Waals surface area contributed by atoms with Crippen LogP contribution in [0.3, 0.4) is 0 Å². The number of rotatable bonds is 3. The van der Waals surface area contributed by atoms with Gasteiger partial charge in [0.25, 0.3) is 0 Å². The molecule has 4 saturated carbocycles. The largest absolute Gasteiger partial charge is 0.490 e. The fraction of sp³-hybridized carbons (Fsp3) is 0.824. The number of nitro groups is 1. The van der Waals surface area contributed by atoms with Crippen molar-refractivity contribution in [1.82, 2.24) is 19.7 Å². The molecule has 26 heavy (non-hydrogen) atoms. The normalized spacial score (nSPS) is 38.5. The van der Waals surface area contributed by atoms with Crippen LogP contribution in [0, 0.1) is 27.4 Å². The van der Waals surface area contributed by atoms with Crippen LogP contribution in [0.25, 0.3) is 0 Å². The minimum Gasteiger partial charge on any atom is -0.390 e. The Kier molecular flexibility index (Phi) is 3.61. The number of hydrogen-bond acceptors (Lipinski definition) is 6. The van der Waals surface area contributed by atoms with Gasteiger partial charge < -0.3 is 15.0 Å². The highest BCUT2D eigenvalue weighted by Gasteiger charge is 2.63. The zero-order valence-electron chi connectivity index (χ0n) is 14.7. The van der Waals surface area contributed by atoms with Crippen molar-refractivity contribution in [1.29, 1.82) is 0 Å². The minimum absolute atomic E-state index is 0.272.